The monoisotopic (exact) mass is 614 g/mol. The van der Waals surface area contributed by atoms with Crippen molar-refractivity contribution in [3.63, 3.8) is 0 Å². The number of ether oxygens (including phenoxy) is 2. The molecule has 0 fully saturated rings. The van der Waals surface area contributed by atoms with Crippen molar-refractivity contribution in [2.75, 3.05) is 6.54 Å². The Labute approximate surface area is 271 Å². The van der Waals surface area contributed by atoms with Gasteiger partial charge < -0.3 is 14.4 Å². The van der Waals surface area contributed by atoms with Gasteiger partial charge >= 0.3 is 12.1 Å². The molecule has 0 aromatic heterocycles. The topological polar surface area (TPSA) is 59.1 Å². The summed E-state index contributed by atoms with van der Waals surface area (Å²) >= 11 is 0. The van der Waals surface area contributed by atoms with Crippen molar-refractivity contribution in [3.05, 3.63) is 108 Å². The van der Waals surface area contributed by atoms with Crippen LogP contribution < -0.4 is 0 Å². The van der Waals surface area contributed by atoms with Crippen LogP contribution >= 0.6 is 0 Å². The van der Waals surface area contributed by atoms with Gasteiger partial charge in [0, 0.05) is 31.7 Å². The number of esters is 1. The summed E-state index contributed by atoms with van der Waals surface area (Å²) in [6.07, 6.45) is 2.08. The van der Waals surface area contributed by atoms with Crippen molar-refractivity contribution in [2.45, 2.75) is 111 Å². The summed E-state index contributed by atoms with van der Waals surface area (Å²) in [7, 11) is 0. The zero-order chi connectivity index (χ0) is 33.0. The zero-order valence-corrected chi connectivity index (χ0v) is 28.7. The van der Waals surface area contributed by atoms with E-state index in [1.165, 1.54) is 11.1 Å². The molecule has 0 radical (unpaired) electrons. The van der Waals surface area contributed by atoms with Gasteiger partial charge in [0.05, 0.1) is 5.92 Å². The molecule has 3 aromatic rings. The van der Waals surface area contributed by atoms with Crippen LogP contribution in [0, 0.1) is 5.92 Å². The quantitative estimate of drug-likeness (QED) is 0.134. The van der Waals surface area contributed by atoms with Crippen molar-refractivity contribution >= 4 is 12.1 Å². The molecule has 0 spiro atoms. The molecule has 244 valence electrons. The van der Waals surface area contributed by atoms with Crippen LogP contribution in [0.4, 0.5) is 4.79 Å². The number of unbranched alkanes of at least 4 members (excludes halogenated alkanes) is 1. The Hall–Kier alpha value is -3.64. The summed E-state index contributed by atoms with van der Waals surface area (Å²) in [6.45, 7) is 17.4. The predicted molar refractivity (Wildman–Crippen MR) is 183 cm³/mol. The van der Waals surface area contributed by atoms with Crippen molar-refractivity contribution < 1.29 is 19.1 Å². The van der Waals surface area contributed by atoms with E-state index in [1.807, 2.05) is 90.9 Å². The minimum absolute atomic E-state index is 0.0673. The highest BCUT2D eigenvalue weighted by atomic mass is 16.6. The number of hydrogen-bond acceptors (Lipinski definition) is 5. The third kappa shape index (κ3) is 12.3. The van der Waals surface area contributed by atoms with E-state index in [2.05, 4.69) is 60.4 Å². The molecule has 0 heterocycles. The number of benzene rings is 3. The van der Waals surface area contributed by atoms with Gasteiger partial charge in [0.15, 0.2) is 0 Å². The number of amides is 1. The standard InChI is InChI=1S/C39H54N2O4/c1-30(36(42)44-38(3,4)5)35(41(29-33-22-14-10-15-23-33)31(2)34-24-16-11-17-25-34)26-18-19-27-40(37(43)45-39(6,7)8)28-32-20-12-9-13-21-32/h9-17,20-25,30-31,35H,18-19,26-29H2,1-8H3/t30-,31+,35+/m0/s1. The molecule has 1 amide bonds. The molecular formula is C39H54N2O4. The number of rotatable bonds is 14. The zero-order valence-electron chi connectivity index (χ0n) is 28.7. The molecular weight excluding hydrogens is 560 g/mol. The lowest BCUT2D eigenvalue weighted by Crippen LogP contribution is -2.45. The first-order chi connectivity index (χ1) is 21.2. The summed E-state index contributed by atoms with van der Waals surface area (Å²) in [5.74, 6) is -0.546. The maximum atomic E-state index is 13.6. The average Bonchev–Trinajstić information content (AvgIpc) is 2.98. The summed E-state index contributed by atoms with van der Waals surface area (Å²) in [4.78, 5) is 31.0. The Bertz CT molecular complexity index is 1300. The fourth-order valence-corrected chi connectivity index (χ4v) is 5.53. The molecule has 0 N–H and O–H groups in total. The number of nitrogens with zero attached hydrogens (tertiary/aromatic N) is 2. The lowest BCUT2D eigenvalue weighted by Gasteiger charge is -2.40. The summed E-state index contributed by atoms with van der Waals surface area (Å²) < 4.78 is 11.7. The van der Waals surface area contributed by atoms with Crippen molar-refractivity contribution in [2.24, 2.45) is 5.92 Å². The normalized spacial score (nSPS) is 14.0. The van der Waals surface area contributed by atoms with E-state index in [0.717, 1.165) is 24.8 Å². The highest BCUT2D eigenvalue weighted by molar-refractivity contribution is 5.73. The number of carbonyl (C=O) groups is 2. The molecule has 6 heteroatoms. The Morgan fingerprint density at radius 2 is 1.16 bits per heavy atom. The van der Waals surface area contributed by atoms with E-state index in [9.17, 15) is 9.59 Å². The first-order valence-corrected chi connectivity index (χ1v) is 16.3. The summed E-state index contributed by atoms with van der Waals surface area (Å²) in [5.41, 5.74) is 2.31. The van der Waals surface area contributed by atoms with E-state index in [0.29, 0.717) is 19.6 Å². The third-order valence-electron chi connectivity index (χ3n) is 7.82. The minimum Gasteiger partial charge on any atom is -0.460 e. The van der Waals surface area contributed by atoms with Gasteiger partial charge in [-0.3, -0.25) is 9.69 Å². The summed E-state index contributed by atoms with van der Waals surface area (Å²) in [5, 5.41) is 0. The molecule has 0 aliphatic heterocycles. The molecule has 0 aliphatic carbocycles. The van der Waals surface area contributed by atoms with Crippen LogP contribution in [-0.4, -0.2) is 45.7 Å². The van der Waals surface area contributed by atoms with Gasteiger partial charge in [-0.15, -0.1) is 0 Å². The Morgan fingerprint density at radius 3 is 1.67 bits per heavy atom. The number of carbonyl (C=O) groups excluding carboxylic acids is 2. The fraction of sp³-hybridized carbons (Fsp3) is 0.487. The smallest absolute Gasteiger partial charge is 0.410 e. The molecule has 3 rings (SSSR count). The molecule has 0 unspecified atom stereocenters. The van der Waals surface area contributed by atoms with Crippen LogP contribution in [0.25, 0.3) is 0 Å². The lowest BCUT2D eigenvalue weighted by atomic mass is 9.91. The molecule has 3 aromatic carbocycles. The molecule has 0 saturated heterocycles. The van der Waals surface area contributed by atoms with Crippen LogP contribution in [0.3, 0.4) is 0 Å². The largest absolute Gasteiger partial charge is 0.460 e. The fourth-order valence-electron chi connectivity index (χ4n) is 5.53. The second-order valence-corrected chi connectivity index (χ2v) is 14.0. The predicted octanol–water partition coefficient (Wildman–Crippen LogP) is 9.20. The summed E-state index contributed by atoms with van der Waals surface area (Å²) in [6, 6.07) is 30.9. The molecule has 0 saturated carbocycles. The average molecular weight is 615 g/mol. The van der Waals surface area contributed by atoms with Crippen LogP contribution in [0.5, 0.6) is 0 Å². The van der Waals surface area contributed by atoms with Crippen LogP contribution in [0.1, 0.15) is 97.4 Å². The van der Waals surface area contributed by atoms with Gasteiger partial charge in [0.1, 0.15) is 11.2 Å². The van der Waals surface area contributed by atoms with Gasteiger partial charge in [-0.05, 0) is 78.0 Å². The van der Waals surface area contributed by atoms with E-state index in [-0.39, 0.29) is 30.1 Å². The maximum Gasteiger partial charge on any atom is 0.410 e. The second kappa shape index (κ2) is 16.6. The van der Waals surface area contributed by atoms with Crippen LogP contribution in [0.15, 0.2) is 91.0 Å². The van der Waals surface area contributed by atoms with E-state index < -0.39 is 11.2 Å². The Morgan fingerprint density at radius 1 is 0.667 bits per heavy atom. The second-order valence-electron chi connectivity index (χ2n) is 14.0. The van der Waals surface area contributed by atoms with Gasteiger partial charge in [-0.1, -0.05) is 104 Å². The first-order valence-electron chi connectivity index (χ1n) is 16.3. The van der Waals surface area contributed by atoms with Gasteiger partial charge in [0.2, 0.25) is 0 Å². The van der Waals surface area contributed by atoms with E-state index >= 15 is 0 Å². The van der Waals surface area contributed by atoms with Crippen LogP contribution in [0.2, 0.25) is 0 Å². The molecule has 0 aliphatic rings. The Kier molecular flexibility index (Phi) is 13.2. The highest BCUT2D eigenvalue weighted by Crippen LogP contribution is 2.32. The Balaban J connectivity index is 1.86. The maximum absolute atomic E-state index is 13.6. The minimum atomic E-state index is -0.578. The SMILES string of the molecule is C[C@H](C(=O)OC(C)(C)C)[C@@H](CCCCN(Cc1ccccc1)C(=O)OC(C)(C)C)N(Cc1ccccc1)[C@H](C)c1ccccc1. The van der Waals surface area contributed by atoms with E-state index in [1.54, 1.807) is 4.90 Å². The van der Waals surface area contributed by atoms with Gasteiger partial charge in [-0.2, -0.15) is 0 Å². The van der Waals surface area contributed by atoms with Crippen molar-refractivity contribution in [1.82, 2.24) is 9.80 Å². The molecule has 0 bridgehead atoms. The third-order valence-corrected chi connectivity index (χ3v) is 7.82. The van der Waals surface area contributed by atoms with Gasteiger partial charge in [-0.25, -0.2) is 4.79 Å². The number of hydrogen-bond donors (Lipinski definition) is 0. The van der Waals surface area contributed by atoms with Crippen LogP contribution in [-0.2, 0) is 27.4 Å². The molecule has 6 nitrogen and oxygen atoms in total. The van der Waals surface area contributed by atoms with Gasteiger partial charge in [0.25, 0.3) is 0 Å². The highest BCUT2D eigenvalue weighted by Gasteiger charge is 2.35. The first kappa shape index (κ1) is 35.8. The van der Waals surface area contributed by atoms with E-state index in [4.69, 9.17) is 9.47 Å². The lowest BCUT2D eigenvalue weighted by molar-refractivity contribution is -0.162. The molecule has 45 heavy (non-hydrogen) atoms. The van der Waals surface area contributed by atoms with Crippen molar-refractivity contribution in [3.8, 4) is 0 Å². The molecule has 3 atom stereocenters. The van der Waals surface area contributed by atoms with Crippen molar-refractivity contribution in [1.29, 1.82) is 0 Å².